The van der Waals surface area contributed by atoms with Crippen LogP contribution >= 0.6 is 28.3 Å². The maximum absolute atomic E-state index is 12.2. The lowest BCUT2D eigenvalue weighted by atomic mass is 10.0. The van der Waals surface area contributed by atoms with Crippen molar-refractivity contribution in [1.82, 2.24) is 10.2 Å². The van der Waals surface area contributed by atoms with E-state index in [1.54, 1.807) is 0 Å². The Kier molecular flexibility index (Phi) is 8.83. The summed E-state index contributed by atoms with van der Waals surface area (Å²) in [6, 6.07) is 8.15. The van der Waals surface area contributed by atoms with E-state index in [2.05, 4.69) is 21.2 Å². The van der Waals surface area contributed by atoms with Crippen molar-refractivity contribution in [3.05, 3.63) is 28.7 Å². The van der Waals surface area contributed by atoms with Crippen molar-refractivity contribution in [2.75, 3.05) is 26.7 Å². The highest BCUT2D eigenvalue weighted by Gasteiger charge is 2.21. The highest BCUT2D eigenvalue weighted by Crippen LogP contribution is 2.18. The first-order chi connectivity index (χ1) is 10.2. The summed E-state index contributed by atoms with van der Waals surface area (Å²) in [6.45, 7) is 2.59. The van der Waals surface area contributed by atoms with Gasteiger partial charge < -0.3 is 15.0 Å². The lowest BCUT2D eigenvalue weighted by molar-refractivity contribution is -0.132. The minimum Gasteiger partial charge on any atom is -0.494 e. The van der Waals surface area contributed by atoms with Crippen LogP contribution in [0.3, 0.4) is 0 Å². The van der Waals surface area contributed by atoms with Crippen molar-refractivity contribution in [3.8, 4) is 5.75 Å². The van der Waals surface area contributed by atoms with E-state index in [9.17, 15) is 4.79 Å². The lowest BCUT2D eigenvalue weighted by Gasteiger charge is -2.31. The molecule has 1 aromatic carbocycles. The van der Waals surface area contributed by atoms with E-state index in [1.165, 1.54) is 0 Å². The third kappa shape index (κ3) is 6.15. The Morgan fingerprint density at radius 2 is 2.14 bits per heavy atom. The average molecular weight is 392 g/mol. The van der Waals surface area contributed by atoms with Gasteiger partial charge in [0.15, 0.2) is 0 Å². The van der Waals surface area contributed by atoms with Crippen LogP contribution < -0.4 is 10.1 Å². The van der Waals surface area contributed by atoms with Gasteiger partial charge in [-0.25, -0.2) is 0 Å². The van der Waals surface area contributed by atoms with E-state index in [1.807, 2.05) is 36.2 Å². The smallest absolute Gasteiger partial charge is 0.222 e. The second-order valence-corrected chi connectivity index (χ2v) is 6.31. The standard InChI is InChI=1S/C16H23BrN2O2.ClH/c1-19(14-7-9-18-10-8-14)16(20)6-3-11-21-15-5-2-4-13(17)12-15;/h2,4-5,12,14,18H,3,6-11H2,1H3;1H. The zero-order valence-electron chi connectivity index (χ0n) is 12.9. The molecule has 1 heterocycles. The van der Waals surface area contributed by atoms with Crippen LogP contribution in [0, 0.1) is 0 Å². The number of carbonyl (C=O) groups excluding carboxylic acids is 1. The van der Waals surface area contributed by atoms with Crippen molar-refractivity contribution in [2.24, 2.45) is 0 Å². The predicted molar refractivity (Wildman–Crippen MR) is 94.8 cm³/mol. The van der Waals surface area contributed by atoms with Crippen LogP contribution in [0.25, 0.3) is 0 Å². The topological polar surface area (TPSA) is 41.6 Å². The number of rotatable bonds is 6. The van der Waals surface area contributed by atoms with Gasteiger partial charge in [0, 0.05) is 24.0 Å². The van der Waals surface area contributed by atoms with Crippen molar-refractivity contribution >= 4 is 34.2 Å². The van der Waals surface area contributed by atoms with Gasteiger partial charge in [-0.05, 0) is 50.6 Å². The molecule has 1 aliphatic rings. The summed E-state index contributed by atoms with van der Waals surface area (Å²) in [5.41, 5.74) is 0. The van der Waals surface area contributed by atoms with Crippen molar-refractivity contribution < 1.29 is 9.53 Å². The molecule has 6 heteroatoms. The number of nitrogens with zero attached hydrogens (tertiary/aromatic N) is 1. The van der Waals surface area contributed by atoms with Crippen LogP contribution in [-0.4, -0.2) is 43.6 Å². The number of benzene rings is 1. The van der Waals surface area contributed by atoms with Crippen LogP contribution in [0.1, 0.15) is 25.7 Å². The molecule has 22 heavy (non-hydrogen) atoms. The molecule has 0 saturated carbocycles. The van der Waals surface area contributed by atoms with Gasteiger partial charge in [-0.1, -0.05) is 22.0 Å². The number of halogens is 2. The van der Waals surface area contributed by atoms with Crippen LogP contribution in [0.4, 0.5) is 0 Å². The molecular formula is C16H24BrClN2O2. The first kappa shape index (κ1) is 19.3. The van der Waals surface area contributed by atoms with E-state index in [0.717, 1.165) is 42.6 Å². The van der Waals surface area contributed by atoms with E-state index < -0.39 is 0 Å². The number of carbonyl (C=O) groups is 1. The fourth-order valence-corrected chi connectivity index (χ4v) is 2.92. The SMILES string of the molecule is CN(C(=O)CCCOc1cccc(Br)c1)C1CCNCC1.Cl. The minimum atomic E-state index is 0. The molecule has 0 aromatic heterocycles. The van der Waals surface area contributed by atoms with Gasteiger partial charge in [-0.3, -0.25) is 4.79 Å². The van der Waals surface area contributed by atoms with Crippen LogP contribution in [0.2, 0.25) is 0 Å². The molecule has 0 radical (unpaired) electrons. The molecule has 0 atom stereocenters. The maximum atomic E-state index is 12.2. The predicted octanol–water partition coefficient (Wildman–Crippen LogP) is 3.24. The normalized spacial score (nSPS) is 15.0. The molecule has 1 N–H and O–H groups in total. The molecule has 2 rings (SSSR count). The summed E-state index contributed by atoms with van der Waals surface area (Å²) in [5.74, 6) is 1.06. The zero-order valence-corrected chi connectivity index (χ0v) is 15.3. The van der Waals surface area contributed by atoms with E-state index in [0.29, 0.717) is 19.1 Å². The molecule has 1 aliphatic heterocycles. The average Bonchev–Trinajstić information content (AvgIpc) is 2.51. The quantitative estimate of drug-likeness (QED) is 0.757. The molecule has 124 valence electrons. The summed E-state index contributed by atoms with van der Waals surface area (Å²) in [4.78, 5) is 14.1. The first-order valence-corrected chi connectivity index (χ1v) is 8.31. The summed E-state index contributed by atoms with van der Waals surface area (Å²) < 4.78 is 6.65. The first-order valence-electron chi connectivity index (χ1n) is 7.51. The van der Waals surface area contributed by atoms with E-state index >= 15 is 0 Å². The number of amides is 1. The van der Waals surface area contributed by atoms with Gasteiger partial charge in [-0.2, -0.15) is 0 Å². The summed E-state index contributed by atoms with van der Waals surface area (Å²) in [7, 11) is 1.92. The van der Waals surface area contributed by atoms with Gasteiger partial charge in [0.25, 0.3) is 0 Å². The summed E-state index contributed by atoms with van der Waals surface area (Å²) >= 11 is 3.41. The van der Waals surface area contributed by atoms with Crippen molar-refractivity contribution in [3.63, 3.8) is 0 Å². The summed E-state index contributed by atoms with van der Waals surface area (Å²) in [6.07, 6.45) is 3.41. The van der Waals surface area contributed by atoms with Crippen LogP contribution in [-0.2, 0) is 4.79 Å². The number of nitrogens with one attached hydrogen (secondary N) is 1. The van der Waals surface area contributed by atoms with Gasteiger partial charge in [0.2, 0.25) is 5.91 Å². The van der Waals surface area contributed by atoms with Gasteiger partial charge in [0.05, 0.1) is 6.61 Å². The fourth-order valence-electron chi connectivity index (χ4n) is 2.54. The molecule has 4 nitrogen and oxygen atoms in total. The zero-order chi connectivity index (χ0) is 15.1. The second-order valence-electron chi connectivity index (χ2n) is 5.40. The maximum Gasteiger partial charge on any atom is 0.222 e. The number of hydrogen-bond donors (Lipinski definition) is 1. The van der Waals surface area contributed by atoms with Gasteiger partial charge in [0.1, 0.15) is 5.75 Å². The van der Waals surface area contributed by atoms with Crippen molar-refractivity contribution in [2.45, 2.75) is 31.7 Å². The highest BCUT2D eigenvalue weighted by molar-refractivity contribution is 9.10. The van der Waals surface area contributed by atoms with Crippen molar-refractivity contribution in [1.29, 1.82) is 0 Å². The highest BCUT2D eigenvalue weighted by atomic mass is 79.9. The minimum absolute atomic E-state index is 0. The Morgan fingerprint density at radius 1 is 1.41 bits per heavy atom. The Morgan fingerprint density at radius 3 is 2.82 bits per heavy atom. The number of ether oxygens (including phenoxy) is 1. The largest absolute Gasteiger partial charge is 0.494 e. The van der Waals surface area contributed by atoms with Crippen LogP contribution in [0.15, 0.2) is 28.7 Å². The molecule has 0 spiro atoms. The van der Waals surface area contributed by atoms with Crippen LogP contribution in [0.5, 0.6) is 5.75 Å². The molecule has 1 saturated heterocycles. The Hall–Kier alpha value is -0.780. The monoisotopic (exact) mass is 390 g/mol. The molecule has 0 bridgehead atoms. The Labute approximate surface area is 147 Å². The number of hydrogen-bond acceptors (Lipinski definition) is 3. The molecule has 0 aliphatic carbocycles. The molecule has 1 amide bonds. The van der Waals surface area contributed by atoms with Gasteiger partial charge >= 0.3 is 0 Å². The molecule has 0 unspecified atom stereocenters. The van der Waals surface area contributed by atoms with Gasteiger partial charge in [-0.15, -0.1) is 12.4 Å². The van der Waals surface area contributed by atoms with E-state index in [-0.39, 0.29) is 18.3 Å². The third-order valence-electron chi connectivity index (χ3n) is 3.85. The molecule has 1 aromatic rings. The molecule has 1 fully saturated rings. The lowest BCUT2D eigenvalue weighted by Crippen LogP contribution is -2.43. The summed E-state index contributed by atoms with van der Waals surface area (Å²) in [5, 5.41) is 3.32. The Balaban J connectivity index is 0.00000242. The fraction of sp³-hybridized carbons (Fsp3) is 0.562. The van der Waals surface area contributed by atoms with E-state index in [4.69, 9.17) is 4.74 Å². The molecular weight excluding hydrogens is 368 g/mol. The second kappa shape index (κ2) is 10.1. The number of piperidine rings is 1. The Bertz CT molecular complexity index is 467. The third-order valence-corrected chi connectivity index (χ3v) is 4.34.